The van der Waals surface area contributed by atoms with Gasteiger partial charge in [0.15, 0.2) is 17.4 Å². The quantitative estimate of drug-likeness (QED) is 0.535. The van der Waals surface area contributed by atoms with Crippen molar-refractivity contribution in [2.75, 3.05) is 18.1 Å². The van der Waals surface area contributed by atoms with Gasteiger partial charge in [-0.3, -0.25) is 0 Å². The second kappa shape index (κ2) is 8.83. The zero-order chi connectivity index (χ0) is 25.0. The van der Waals surface area contributed by atoms with Crippen LogP contribution in [0.5, 0.6) is 17.4 Å². The molecule has 2 aromatic heterocycles. The Morgan fingerprint density at radius 1 is 1.00 bits per heavy atom. The molecule has 0 radical (unpaired) electrons. The first-order chi connectivity index (χ1) is 18.0. The number of fused-ring (bicyclic) bond motifs is 3. The molecule has 3 aliphatic heterocycles. The highest BCUT2D eigenvalue weighted by Gasteiger charge is 2.45. The molecule has 9 nitrogen and oxygen atoms in total. The lowest BCUT2D eigenvalue weighted by atomic mass is 9.75. The van der Waals surface area contributed by atoms with Crippen molar-refractivity contribution in [2.45, 2.75) is 75.5 Å². The molecule has 192 valence electrons. The molecule has 0 unspecified atom stereocenters. The van der Waals surface area contributed by atoms with Gasteiger partial charge in [-0.2, -0.15) is 0 Å². The van der Waals surface area contributed by atoms with Crippen LogP contribution in [-0.4, -0.2) is 62.2 Å². The van der Waals surface area contributed by atoms with Crippen LogP contribution in [-0.2, 0) is 0 Å². The second-order valence-electron chi connectivity index (χ2n) is 11.1. The van der Waals surface area contributed by atoms with E-state index < -0.39 is 0 Å². The Morgan fingerprint density at radius 2 is 1.89 bits per heavy atom. The topological polar surface area (TPSA) is 106 Å². The Kier molecular flexibility index (Phi) is 5.42. The van der Waals surface area contributed by atoms with E-state index in [1.54, 1.807) is 12.3 Å². The number of aromatic nitrogens is 4. The van der Waals surface area contributed by atoms with Crippen LogP contribution in [0.25, 0.3) is 22.5 Å². The third-order valence-electron chi connectivity index (χ3n) is 8.19. The van der Waals surface area contributed by atoms with Gasteiger partial charge in [0.05, 0.1) is 11.8 Å². The third kappa shape index (κ3) is 4.35. The molecule has 37 heavy (non-hydrogen) atoms. The van der Waals surface area contributed by atoms with Crippen LogP contribution < -0.4 is 19.7 Å². The average molecular weight is 501 g/mol. The number of anilines is 1. The van der Waals surface area contributed by atoms with E-state index in [9.17, 15) is 5.11 Å². The summed E-state index contributed by atoms with van der Waals surface area (Å²) in [6.45, 7) is 3.37. The summed E-state index contributed by atoms with van der Waals surface area (Å²) in [5.74, 6) is 2.47. The first kappa shape index (κ1) is 22.7. The summed E-state index contributed by atoms with van der Waals surface area (Å²) in [7, 11) is 0. The van der Waals surface area contributed by atoms with Gasteiger partial charge >= 0.3 is 0 Å². The average Bonchev–Trinajstić information content (AvgIpc) is 3.73. The molecule has 7 rings (SSSR count). The number of hydrogen-bond acceptors (Lipinski definition) is 9. The van der Waals surface area contributed by atoms with Crippen LogP contribution in [0.2, 0.25) is 0 Å². The SMILES string of the molecule is C[C@]12CCC[C@H](C[C@@H](N(c3cnc(-c4ccc(-c5cnc6c(c5)OCCO6)cc4O)nn3)C3CC3)C1)N2. The molecule has 1 aliphatic carbocycles. The zero-order valence-electron chi connectivity index (χ0n) is 21.1. The highest BCUT2D eigenvalue weighted by molar-refractivity contribution is 5.73. The number of hydrogen-bond donors (Lipinski definition) is 2. The molecule has 2 bridgehead atoms. The summed E-state index contributed by atoms with van der Waals surface area (Å²) in [6.07, 6.45) is 12.0. The Labute approximate surface area is 216 Å². The Balaban J connectivity index is 1.13. The number of phenolic OH excluding ortho intramolecular Hbond substituents is 1. The fourth-order valence-corrected chi connectivity index (χ4v) is 6.38. The van der Waals surface area contributed by atoms with E-state index in [0.717, 1.165) is 29.8 Å². The van der Waals surface area contributed by atoms with E-state index in [0.29, 0.717) is 54.4 Å². The van der Waals surface area contributed by atoms with E-state index in [2.05, 4.69) is 37.3 Å². The number of ether oxygens (including phenoxy) is 2. The maximum atomic E-state index is 10.8. The largest absolute Gasteiger partial charge is 0.507 e. The number of rotatable bonds is 5. The van der Waals surface area contributed by atoms with Gasteiger partial charge in [0.1, 0.15) is 19.0 Å². The summed E-state index contributed by atoms with van der Waals surface area (Å²) in [6, 6.07) is 8.89. The van der Waals surface area contributed by atoms with E-state index in [1.807, 2.05) is 24.4 Å². The van der Waals surface area contributed by atoms with E-state index in [1.165, 1.54) is 32.1 Å². The Bertz CT molecular complexity index is 1310. The molecule has 3 fully saturated rings. The standard InChI is InChI=1S/C28H32N6O3/c1-28-8-2-3-19(31-28)13-21(14-28)34(20-5-6-20)25-16-29-26(33-32-25)22-7-4-17(11-23(22)35)18-12-24-27(30-15-18)37-10-9-36-24/h4,7,11-12,15-16,19-21,31,35H,2-3,5-6,8-10,13-14H2,1H3/t19-,21-,28+/m1/s1. The van der Waals surface area contributed by atoms with Crippen molar-refractivity contribution in [3.05, 3.63) is 36.7 Å². The van der Waals surface area contributed by atoms with Gasteiger partial charge in [-0.15, -0.1) is 10.2 Å². The predicted molar refractivity (Wildman–Crippen MR) is 139 cm³/mol. The molecular formula is C28H32N6O3. The van der Waals surface area contributed by atoms with Crippen molar-refractivity contribution < 1.29 is 14.6 Å². The second-order valence-corrected chi connectivity index (χ2v) is 11.1. The van der Waals surface area contributed by atoms with Gasteiger partial charge in [0, 0.05) is 35.4 Å². The molecule has 1 aromatic carbocycles. The molecule has 0 spiro atoms. The number of nitrogens with zero attached hydrogens (tertiary/aromatic N) is 5. The highest BCUT2D eigenvalue weighted by atomic mass is 16.6. The van der Waals surface area contributed by atoms with E-state index >= 15 is 0 Å². The molecule has 0 amide bonds. The van der Waals surface area contributed by atoms with Gasteiger partial charge in [0.25, 0.3) is 5.88 Å². The van der Waals surface area contributed by atoms with Gasteiger partial charge in [0.2, 0.25) is 0 Å². The fourth-order valence-electron chi connectivity index (χ4n) is 6.38. The fraction of sp³-hybridized carbons (Fsp3) is 0.500. The first-order valence-electron chi connectivity index (χ1n) is 13.4. The molecule has 3 aromatic rings. The van der Waals surface area contributed by atoms with E-state index in [-0.39, 0.29) is 11.3 Å². The Morgan fingerprint density at radius 3 is 2.68 bits per heavy atom. The summed E-state index contributed by atoms with van der Waals surface area (Å²) in [5.41, 5.74) is 2.41. The number of phenols is 1. The van der Waals surface area contributed by atoms with Crippen molar-refractivity contribution in [3.8, 4) is 39.9 Å². The van der Waals surface area contributed by atoms with Crippen molar-refractivity contribution >= 4 is 5.82 Å². The normalized spacial score (nSPS) is 26.5. The van der Waals surface area contributed by atoms with Crippen LogP contribution in [0.15, 0.2) is 36.7 Å². The summed E-state index contributed by atoms with van der Waals surface area (Å²) in [5, 5.41) is 23.8. The first-order valence-corrected chi connectivity index (χ1v) is 13.4. The molecule has 2 saturated heterocycles. The minimum absolute atomic E-state index is 0.0973. The maximum absolute atomic E-state index is 10.8. The van der Waals surface area contributed by atoms with Gasteiger partial charge < -0.3 is 24.8 Å². The summed E-state index contributed by atoms with van der Waals surface area (Å²) < 4.78 is 11.2. The van der Waals surface area contributed by atoms with Crippen molar-refractivity contribution in [1.82, 2.24) is 25.5 Å². The molecule has 9 heteroatoms. The van der Waals surface area contributed by atoms with E-state index in [4.69, 9.17) is 9.47 Å². The monoisotopic (exact) mass is 500 g/mol. The van der Waals surface area contributed by atoms with Crippen LogP contribution in [0.1, 0.15) is 51.9 Å². The van der Waals surface area contributed by atoms with Crippen molar-refractivity contribution in [1.29, 1.82) is 0 Å². The number of benzene rings is 1. The molecule has 5 heterocycles. The summed E-state index contributed by atoms with van der Waals surface area (Å²) in [4.78, 5) is 11.5. The third-order valence-corrected chi connectivity index (χ3v) is 8.19. The minimum Gasteiger partial charge on any atom is -0.507 e. The predicted octanol–water partition coefficient (Wildman–Crippen LogP) is 4.11. The number of piperidine rings is 2. The smallest absolute Gasteiger partial charge is 0.257 e. The zero-order valence-corrected chi connectivity index (χ0v) is 21.1. The lowest BCUT2D eigenvalue weighted by Crippen LogP contribution is -2.61. The summed E-state index contributed by atoms with van der Waals surface area (Å²) >= 11 is 0. The van der Waals surface area contributed by atoms with Gasteiger partial charge in [-0.25, -0.2) is 9.97 Å². The van der Waals surface area contributed by atoms with Crippen molar-refractivity contribution in [2.24, 2.45) is 0 Å². The number of pyridine rings is 1. The van der Waals surface area contributed by atoms with Crippen LogP contribution in [0, 0.1) is 0 Å². The lowest BCUT2D eigenvalue weighted by molar-refractivity contribution is 0.138. The molecule has 4 aliphatic rings. The Hall–Kier alpha value is -3.46. The molecule has 2 N–H and O–H groups in total. The molecular weight excluding hydrogens is 468 g/mol. The minimum atomic E-state index is 0.0973. The number of aromatic hydroxyl groups is 1. The molecule has 1 saturated carbocycles. The highest BCUT2D eigenvalue weighted by Crippen LogP contribution is 2.41. The van der Waals surface area contributed by atoms with Crippen LogP contribution in [0.3, 0.4) is 0 Å². The van der Waals surface area contributed by atoms with Crippen molar-refractivity contribution in [3.63, 3.8) is 0 Å². The van der Waals surface area contributed by atoms with Gasteiger partial charge in [-0.1, -0.05) is 12.5 Å². The van der Waals surface area contributed by atoms with Crippen LogP contribution in [0.4, 0.5) is 5.82 Å². The van der Waals surface area contributed by atoms with Crippen LogP contribution >= 0.6 is 0 Å². The maximum Gasteiger partial charge on any atom is 0.257 e. The molecule has 3 atom stereocenters. The lowest BCUT2D eigenvalue weighted by Gasteiger charge is -2.50. The number of nitrogens with one attached hydrogen (secondary N) is 1. The van der Waals surface area contributed by atoms with Gasteiger partial charge in [-0.05, 0) is 69.2 Å².